The monoisotopic (exact) mass is 663 g/mol. The van der Waals surface area contributed by atoms with Gasteiger partial charge in [-0.2, -0.15) is 0 Å². The molecule has 3 rings (SSSR count). The second-order valence-electron chi connectivity index (χ2n) is 11.1. The molecule has 1 aromatic rings. The maximum atomic E-state index is 13.2. The molecule has 1 atom stereocenters. The normalized spacial score (nSPS) is 16.1. The van der Waals surface area contributed by atoms with Gasteiger partial charge < -0.3 is 33.7 Å². The van der Waals surface area contributed by atoms with Gasteiger partial charge in [-0.05, 0) is 37.8 Å². The van der Waals surface area contributed by atoms with E-state index in [1.165, 1.54) is 6.07 Å². The van der Waals surface area contributed by atoms with Crippen molar-refractivity contribution in [3.05, 3.63) is 29.3 Å². The molecule has 0 aromatic heterocycles. The SMILES string of the molecule is CCCCOCCOCCOCCOCCOCCOCCCCCC(=O)Nc1cccc2c1C(=O)N(C1CCC(=O)NC1=O)C2=O. The smallest absolute Gasteiger partial charge is 0.264 e. The molecule has 0 bridgehead atoms. The molecule has 2 heterocycles. The molecule has 1 fully saturated rings. The highest BCUT2D eigenvalue weighted by Crippen LogP contribution is 2.32. The molecule has 2 aliphatic heterocycles. The van der Waals surface area contributed by atoms with Gasteiger partial charge in [-0.25, -0.2) is 0 Å². The van der Waals surface area contributed by atoms with Crippen LogP contribution in [0.4, 0.5) is 5.69 Å². The van der Waals surface area contributed by atoms with Crippen LogP contribution >= 0.6 is 0 Å². The zero-order chi connectivity index (χ0) is 33.7. The molecule has 1 saturated heterocycles. The molecule has 5 amide bonds. The minimum atomic E-state index is -1.07. The van der Waals surface area contributed by atoms with Gasteiger partial charge in [-0.1, -0.05) is 25.8 Å². The molecule has 47 heavy (non-hydrogen) atoms. The Labute approximate surface area is 276 Å². The van der Waals surface area contributed by atoms with Crippen LogP contribution in [0.3, 0.4) is 0 Å². The zero-order valence-electron chi connectivity index (χ0n) is 27.4. The highest BCUT2D eigenvalue weighted by molar-refractivity contribution is 6.26. The van der Waals surface area contributed by atoms with Gasteiger partial charge in [0.05, 0.1) is 82.9 Å². The maximum absolute atomic E-state index is 13.2. The number of hydrogen-bond acceptors (Lipinski definition) is 11. The van der Waals surface area contributed by atoms with Crippen LogP contribution in [0.1, 0.15) is 79.0 Å². The molecular formula is C33H49N3O11. The number of carbonyl (C=O) groups excluding carboxylic acids is 5. The van der Waals surface area contributed by atoms with Gasteiger partial charge in [0.15, 0.2) is 0 Å². The molecule has 2 N–H and O–H groups in total. The Hall–Kier alpha value is -3.27. The largest absolute Gasteiger partial charge is 0.379 e. The first-order chi connectivity index (χ1) is 22.9. The van der Waals surface area contributed by atoms with Crippen molar-refractivity contribution in [3.63, 3.8) is 0 Å². The first kappa shape index (κ1) is 38.2. The number of imide groups is 2. The van der Waals surface area contributed by atoms with Crippen LogP contribution in [0.25, 0.3) is 0 Å². The van der Waals surface area contributed by atoms with Gasteiger partial charge in [0.2, 0.25) is 17.7 Å². The van der Waals surface area contributed by atoms with Gasteiger partial charge in [-0.3, -0.25) is 34.2 Å². The summed E-state index contributed by atoms with van der Waals surface area (Å²) in [6, 6.07) is 3.55. The van der Waals surface area contributed by atoms with E-state index >= 15 is 0 Å². The molecule has 0 radical (unpaired) electrons. The number of carbonyl (C=O) groups is 5. The number of benzene rings is 1. The van der Waals surface area contributed by atoms with Crippen LogP contribution < -0.4 is 10.6 Å². The highest BCUT2D eigenvalue weighted by atomic mass is 16.6. The Balaban J connectivity index is 1.14. The molecule has 262 valence electrons. The van der Waals surface area contributed by atoms with Crippen LogP contribution in [0.2, 0.25) is 0 Å². The Morgan fingerprint density at radius 3 is 1.85 bits per heavy atom. The highest BCUT2D eigenvalue weighted by Gasteiger charge is 2.45. The summed E-state index contributed by atoms with van der Waals surface area (Å²) in [5.41, 5.74) is 0.402. The number of hydrogen-bond donors (Lipinski definition) is 2. The van der Waals surface area contributed by atoms with Gasteiger partial charge in [0.1, 0.15) is 6.04 Å². The second kappa shape index (κ2) is 22.3. The number of amides is 5. The number of rotatable bonds is 26. The molecular weight excluding hydrogens is 614 g/mol. The lowest BCUT2D eigenvalue weighted by Crippen LogP contribution is -2.54. The lowest BCUT2D eigenvalue weighted by molar-refractivity contribution is -0.136. The van der Waals surface area contributed by atoms with Gasteiger partial charge >= 0.3 is 0 Å². The summed E-state index contributed by atoms with van der Waals surface area (Å²) < 4.78 is 32.8. The van der Waals surface area contributed by atoms with Gasteiger partial charge in [0.25, 0.3) is 11.8 Å². The molecule has 0 aliphatic carbocycles. The maximum Gasteiger partial charge on any atom is 0.264 e. The predicted octanol–water partition coefficient (Wildman–Crippen LogP) is 2.49. The topological polar surface area (TPSA) is 168 Å². The number of piperidine rings is 1. The van der Waals surface area contributed by atoms with Crippen LogP contribution in [0.15, 0.2) is 18.2 Å². The van der Waals surface area contributed by atoms with E-state index in [1.54, 1.807) is 12.1 Å². The number of unbranched alkanes of at least 4 members (excludes halogenated alkanes) is 3. The summed E-state index contributed by atoms with van der Waals surface area (Å²) in [5, 5.41) is 4.90. The van der Waals surface area contributed by atoms with E-state index in [1.807, 2.05) is 0 Å². The number of fused-ring (bicyclic) bond motifs is 1. The third-order valence-corrected chi connectivity index (χ3v) is 7.44. The third kappa shape index (κ3) is 13.4. The molecule has 14 nitrogen and oxygen atoms in total. The van der Waals surface area contributed by atoms with Crippen molar-refractivity contribution in [2.45, 2.75) is 64.3 Å². The Kier molecular flexibility index (Phi) is 18.1. The summed E-state index contributed by atoms with van der Waals surface area (Å²) in [6.07, 6.45) is 4.72. The number of nitrogens with one attached hydrogen (secondary N) is 2. The lowest BCUT2D eigenvalue weighted by atomic mass is 10.0. The van der Waals surface area contributed by atoms with E-state index in [2.05, 4.69) is 17.6 Å². The van der Waals surface area contributed by atoms with E-state index in [9.17, 15) is 24.0 Å². The number of nitrogens with zero attached hydrogens (tertiary/aromatic N) is 1. The van der Waals surface area contributed by atoms with Gasteiger partial charge in [-0.15, -0.1) is 0 Å². The fourth-order valence-corrected chi connectivity index (χ4v) is 4.95. The second-order valence-corrected chi connectivity index (χ2v) is 11.1. The summed E-state index contributed by atoms with van der Waals surface area (Å²) in [7, 11) is 0. The quantitative estimate of drug-likeness (QED) is 0.110. The molecule has 1 aromatic carbocycles. The van der Waals surface area contributed by atoms with Crippen molar-refractivity contribution >= 4 is 35.2 Å². The fourth-order valence-electron chi connectivity index (χ4n) is 4.95. The molecule has 1 unspecified atom stereocenters. The summed E-state index contributed by atoms with van der Waals surface area (Å²) in [4.78, 5) is 63.4. The third-order valence-electron chi connectivity index (χ3n) is 7.44. The summed E-state index contributed by atoms with van der Waals surface area (Å²) in [5.74, 6) is -2.69. The first-order valence-corrected chi connectivity index (χ1v) is 16.5. The predicted molar refractivity (Wildman–Crippen MR) is 170 cm³/mol. The Morgan fingerprint density at radius 2 is 1.30 bits per heavy atom. The van der Waals surface area contributed by atoms with Crippen molar-refractivity contribution in [3.8, 4) is 0 Å². The van der Waals surface area contributed by atoms with Crippen LogP contribution in [0, 0.1) is 0 Å². The van der Waals surface area contributed by atoms with E-state index in [4.69, 9.17) is 28.4 Å². The standard InChI is InChI=1S/C33H49N3O11/c1-2-3-13-42-15-17-44-19-21-46-23-24-47-22-20-45-18-16-43-14-6-4-5-10-28(37)34-26-9-7-8-25-30(26)33(41)36(32(25)40)27-11-12-29(38)35-31(27)39/h7-9,27H,2-6,10-24H2,1H3,(H,34,37)(H,35,38,39). The van der Waals surface area contributed by atoms with Crippen molar-refractivity contribution < 1.29 is 52.4 Å². The van der Waals surface area contributed by atoms with Crippen LogP contribution in [0.5, 0.6) is 0 Å². The number of anilines is 1. The number of ether oxygens (including phenoxy) is 6. The van der Waals surface area contributed by atoms with Crippen molar-refractivity contribution in [1.82, 2.24) is 10.2 Å². The lowest BCUT2D eigenvalue weighted by Gasteiger charge is -2.27. The average molecular weight is 664 g/mol. The Morgan fingerprint density at radius 1 is 0.745 bits per heavy atom. The molecule has 0 spiro atoms. The van der Waals surface area contributed by atoms with Crippen LogP contribution in [-0.2, 0) is 42.8 Å². The molecule has 2 aliphatic rings. The van der Waals surface area contributed by atoms with E-state index < -0.39 is 29.7 Å². The summed E-state index contributed by atoms with van der Waals surface area (Å²) >= 11 is 0. The first-order valence-electron chi connectivity index (χ1n) is 16.5. The Bertz CT molecular complexity index is 1160. The van der Waals surface area contributed by atoms with Crippen LogP contribution in [-0.4, -0.2) is 120 Å². The van der Waals surface area contributed by atoms with Crippen molar-refractivity contribution in [1.29, 1.82) is 0 Å². The molecule has 0 saturated carbocycles. The van der Waals surface area contributed by atoms with Crippen molar-refractivity contribution in [2.75, 3.05) is 84.6 Å². The van der Waals surface area contributed by atoms with Crippen molar-refractivity contribution in [2.24, 2.45) is 0 Å². The fraction of sp³-hybridized carbons (Fsp3) is 0.667. The van der Waals surface area contributed by atoms with E-state index in [0.717, 1.165) is 37.2 Å². The average Bonchev–Trinajstić information content (AvgIpc) is 3.31. The van der Waals surface area contributed by atoms with Gasteiger partial charge in [0, 0.05) is 26.1 Å². The minimum absolute atomic E-state index is 0.0344. The van der Waals surface area contributed by atoms with E-state index in [0.29, 0.717) is 79.1 Å². The van der Waals surface area contributed by atoms with E-state index in [-0.39, 0.29) is 42.0 Å². The molecule has 14 heteroatoms. The minimum Gasteiger partial charge on any atom is -0.379 e. The zero-order valence-corrected chi connectivity index (χ0v) is 27.4. The summed E-state index contributed by atoms with van der Waals surface area (Å²) in [6.45, 7) is 8.59.